The van der Waals surface area contributed by atoms with Crippen molar-refractivity contribution in [1.29, 1.82) is 0 Å². The molecule has 0 saturated heterocycles. The van der Waals surface area contributed by atoms with Crippen LogP contribution in [0.4, 0.5) is 0 Å². The van der Waals surface area contributed by atoms with Crippen LogP contribution in [0.5, 0.6) is 0 Å². The van der Waals surface area contributed by atoms with E-state index in [-0.39, 0.29) is 17.5 Å². The highest BCUT2D eigenvalue weighted by atomic mass is 16.3. The second kappa shape index (κ2) is 8.81. The Hall–Kier alpha value is -2.40. The lowest BCUT2D eigenvalue weighted by molar-refractivity contribution is 0.0912. The van der Waals surface area contributed by atoms with Crippen LogP contribution in [0, 0.1) is 0 Å². The molecular formula is C21H28N2O3. The summed E-state index contributed by atoms with van der Waals surface area (Å²) in [5, 5.41) is 2.91. The van der Waals surface area contributed by atoms with Gasteiger partial charge in [0.1, 0.15) is 5.76 Å². The molecule has 0 saturated carbocycles. The molecule has 0 aliphatic heterocycles. The number of carbonyl (C=O) groups is 2. The lowest BCUT2D eigenvalue weighted by atomic mass is 10.1. The maximum atomic E-state index is 12.3. The van der Waals surface area contributed by atoms with E-state index in [1.165, 1.54) is 6.92 Å². The Morgan fingerprint density at radius 3 is 2.15 bits per heavy atom. The fraction of sp³-hybridized carbons (Fsp3) is 0.429. The summed E-state index contributed by atoms with van der Waals surface area (Å²) in [7, 11) is 0. The minimum Gasteiger partial charge on any atom is -0.451 e. The summed E-state index contributed by atoms with van der Waals surface area (Å²) in [6.07, 6.45) is 0. The van der Waals surface area contributed by atoms with E-state index in [1.807, 2.05) is 12.1 Å². The Morgan fingerprint density at radius 1 is 1.00 bits per heavy atom. The molecular weight excluding hydrogens is 328 g/mol. The highest BCUT2D eigenvalue weighted by molar-refractivity contribution is 5.94. The summed E-state index contributed by atoms with van der Waals surface area (Å²) in [5.74, 6) is 0.699. The number of nitrogens with zero attached hydrogens (tertiary/aromatic N) is 1. The number of benzene rings is 1. The Labute approximate surface area is 155 Å². The Kier molecular flexibility index (Phi) is 6.75. The predicted molar refractivity (Wildman–Crippen MR) is 103 cm³/mol. The molecule has 1 N–H and O–H groups in total. The molecule has 1 heterocycles. The van der Waals surface area contributed by atoms with Crippen LogP contribution >= 0.6 is 0 Å². The third-order valence-electron chi connectivity index (χ3n) is 4.39. The van der Waals surface area contributed by atoms with Crippen molar-refractivity contribution in [2.45, 2.75) is 46.7 Å². The molecule has 0 fully saturated rings. The van der Waals surface area contributed by atoms with Crippen LogP contribution in [0.3, 0.4) is 0 Å². The molecule has 26 heavy (non-hydrogen) atoms. The van der Waals surface area contributed by atoms with Gasteiger partial charge in [0.25, 0.3) is 5.91 Å². The maximum Gasteiger partial charge on any atom is 0.287 e. The van der Waals surface area contributed by atoms with Crippen molar-refractivity contribution in [3.8, 4) is 11.3 Å². The lowest BCUT2D eigenvalue weighted by Gasteiger charge is -2.30. The molecule has 1 aromatic carbocycles. The van der Waals surface area contributed by atoms with Gasteiger partial charge in [-0.3, -0.25) is 14.5 Å². The fourth-order valence-corrected chi connectivity index (χ4v) is 2.98. The van der Waals surface area contributed by atoms with Crippen LogP contribution in [0.2, 0.25) is 0 Å². The first-order chi connectivity index (χ1) is 12.3. The maximum absolute atomic E-state index is 12.3. The van der Waals surface area contributed by atoms with Gasteiger partial charge in [-0.15, -0.1) is 0 Å². The van der Waals surface area contributed by atoms with E-state index in [2.05, 4.69) is 37.9 Å². The van der Waals surface area contributed by atoms with Gasteiger partial charge in [-0.25, -0.2) is 0 Å². The molecule has 0 spiro atoms. The number of carbonyl (C=O) groups excluding carboxylic acids is 2. The highest BCUT2D eigenvalue weighted by Gasteiger charge is 2.15. The van der Waals surface area contributed by atoms with Crippen LogP contribution in [0.25, 0.3) is 11.3 Å². The van der Waals surface area contributed by atoms with E-state index < -0.39 is 0 Å². The van der Waals surface area contributed by atoms with E-state index in [4.69, 9.17) is 4.42 Å². The standard InChI is InChI=1S/C21H28N2O3/c1-14(2)23(15(3)4)13-12-22-21(25)20-11-10-19(26-20)18-8-6-17(7-9-18)16(5)24/h6-11,14-15H,12-13H2,1-5H3,(H,22,25). The molecule has 0 aliphatic carbocycles. The number of Topliss-reactive ketones (excluding diaryl/α,β-unsaturated/α-hetero) is 1. The first-order valence-electron chi connectivity index (χ1n) is 9.04. The van der Waals surface area contributed by atoms with Crippen LogP contribution in [-0.2, 0) is 0 Å². The number of nitrogens with one attached hydrogen (secondary N) is 1. The van der Waals surface area contributed by atoms with Crippen molar-refractivity contribution >= 4 is 11.7 Å². The van der Waals surface area contributed by atoms with Gasteiger partial charge in [0, 0.05) is 36.3 Å². The quantitative estimate of drug-likeness (QED) is 0.726. The SMILES string of the molecule is CC(=O)c1ccc(-c2ccc(C(=O)NCCN(C(C)C)C(C)C)o2)cc1. The van der Waals surface area contributed by atoms with Crippen molar-refractivity contribution < 1.29 is 14.0 Å². The Balaban J connectivity index is 1.96. The second-order valence-corrected chi connectivity index (χ2v) is 6.98. The van der Waals surface area contributed by atoms with Crippen molar-refractivity contribution in [2.75, 3.05) is 13.1 Å². The van der Waals surface area contributed by atoms with Gasteiger partial charge in [-0.2, -0.15) is 0 Å². The first kappa shape index (κ1) is 19.9. The van der Waals surface area contributed by atoms with Gasteiger partial charge in [0.2, 0.25) is 0 Å². The molecule has 2 aromatic rings. The Bertz CT molecular complexity index is 737. The number of ketones is 1. The molecule has 5 nitrogen and oxygen atoms in total. The molecule has 1 amide bonds. The topological polar surface area (TPSA) is 62.6 Å². The molecule has 0 atom stereocenters. The molecule has 2 rings (SSSR count). The molecule has 140 valence electrons. The summed E-state index contributed by atoms with van der Waals surface area (Å²) >= 11 is 0. The summed E-state index contributed by atoms with van der Waals surface area (Å²) < 4.78 is 5.67. The third-order valence-corrected chi connectivity index (χ3v) is 4.39. The van der Waals surface area contributed by atoms with Crippen molar-refractivity contribution in [3.63, 3.8) is 0 Å². The number of hydrogen-bond acceptors (Lipinski definition) is 4. The largest absolute Gasteiger partial charge is 0.451 e. The van der Waals surface area contributed by atoms with Gasteiger partial charge in [-0.1, -0.05) is 24.3 Å². The van der Waals surface area contributed by atoms with Crippen LogP contribution in [-0.4, -0.2) is 41.8 Å². The van der Waals surface area contributed by atoms with Crippen molar-refractivity contribution in [1.82, 2.24) is 10.2 Å². The molecule has 0 bridgehead atoms. The van der Waals surface area contributed by atoms with E-state index in [0.29, 0.717) is 30.0 Å². The second-order valence-electron chi connectivity index (χ2n) is 6.98. The normalized spacial score (nSPS) is 11.4. The first-order valence-corrected chi connectivity index (χ1v) is 9.04. The summed E-state index contributed by atoms with van der Waals surface area (Å²) in [5.41, 5.74) is 1.48. The monoisotopic (exact) mass is 356 g/mol. The highest BCUT2D eigenvalue weighted by Crippen LogP contribution is 2.22. The summed E-state index contributed by atoms with van der Waals surface area (Å²) in [4.78, 5) is 25.9. The zero-order valence-corrected chi connectivity index (χ0v) is 16.2. The zero-order chi connectivity index (χ0) is 19.3. The number of furan rings is 1. The number of rotatable bonds is 8. The van der Waals surface area contributed by atoms with Crippen LogP contribution in [0.15, 0.2) is 40.8 Å². The van der Waals surface area contributed by atoms with E-state index >= 15 is 0 Å². The number of amides is 1. The molecule has 1 aromatic heterocycles. The Morgan fingerprint density at radius 2 is 1.62 bits per heavy atom. The molecule has 5 heteroatoms. The minimum atomic E-state index is -0.218. The summed E-state index contributed by atoms with van der Waals surface area (Å²) in [6.45, 7) is 11.5. The van der Waals surface area contributed by atoms with Gasteiger partial charge in [0.15, 0.2) is 11.5 Å². The van der Waals surface area contributed by atoms with Crippen molar-refractivity contribution in [3.05, 3.63) is 47.7 Å². The van der Waals surface area contributed by atoms with Crippen LogP contribution in [0.1, 0.15) is 55.5 Å². The zero-order valence-electron chi connectivity index (χ0n) is 16.2. The minimum absolute atomic E-state index is 0.0212. The molecule has 0 aliphatic rings. The van der Waals surface area contributed by atoms with Gasteiger partial charge in [0.05, 0.1) is 0 Å². The van der Waals surface area contributed by atoms with Crippen LogP contribution < -0.4 is 5.32 Å². The lowest BCUT2D eigenvalue weighted by Crippen LogP contribution is -2.42. The third kappa shape index (κ3) is 5.05. The van der Waals surface area contributed by atoms with E-state index in [0.717, 1.165) is 12.1 Å². The average Bonchev–Trinajstić information content (AvgIpc) is 3.08. The van der Waals surface area contributed by atoms with Gasteiger partial charge < -0.3 is 9.73 Å². The smallest absolute Gasteiger partial charge is 0.287 e. The van der Waals surface area contributed by atoms with Crippen molar-refractivity contribution in [2.24, 2.45) is 0 Å². The van der Waals surface area contributed by atoms with Gasteiger partial charge >= 0.3 is 0 Å². The van der Waals surface area contributed by atoms with E-state index in [1.54, 1.807) is 24.3 Å². The number of hydrogen-bond donors (Lipinski definition) is 1. The summed E-state index contributed by atoms with van der Waals surface area (Å²) in [6, 6.07) is 11.5. The fourth-order valence-electron chi connectivity index (χ4n) is 2.98. The predicted octanol–water partition coefficient (Wildman–Crippen LogP) is 4.00. The average molecular weight is 356 g/mol. The van der Waals surface area contributed by atoms with E-state index in [9.17, 15) is 9.59 Å². The molecule has 0 unspecified atom stereocenters. The van der Waals surface area contributed by atoms with Gasteiger partial charge in [-0.05, 0) is 46.8 Å². The molecule has 0 radical (unpaired) electrons.